The fraction of sp³-hybridized carbons (Fsp3) is 0.450. The van der Waals surface area contributed by atoms with Crippen LogP contribution in [0.3, 0.4) is 0 Å². The van der Waals surface area contributed by atoms with E-state index >= 15 is 0 Å². The number of phenols is 1. The number of ketones is 1. The van der Waals surface area contributed by atoms with Gasteiger partial charge in [0.05, 0.1) is 14.2 Å². The largest absolute Gasteiger partial charge is 0.502 e. The van der Waals surface area contributed by atoms with Crippen LogP contribution in [0.5, 0.6) is 17.2 Å². The molecule has 1 aliphatic heterocycles. The van der Waals surface area contributed by atoms with Crippen molar-refractivity contribution in [2.24, 2.45) is 0 Å². The van der Waals surface area contributed by atoms with Gasteiger partial charge in [-0.3, -0.25) is 4.79 Å². The molecule has 1 atom stereocenters. The SMILES string of the molecule is CC[C@@H]1CCCN1C1=CC(=O)CC=C1c1cc(OC)c(O)c(OC)c1. The maximum absolute atomic E-state index is 12.1. The molecule has 1 aliphatic carbocycles. The highest BCUT2D eigenvalue weighted by molar-refractivity contribution is 6.00. The Bertz CT molecular complexity index is 710. The number of benzene rings is 1. The molecule has 1 fully saturated rings. The molecule has 0 bridgehead atoms. The van der Waals surface area contributed by atoms with Crippen LogP contribution in [-0.4, -0.2) is 42.6 Å². The molecule has 134 valence electrons. The van der Waals surface area contributed by atoms with Crippen LogP contribution in [0, 0.1) is 0 Å². The van der Waals surface area contributed by atoms with Crippen LogP contribution >= 0.6 is 0 Å². The topological polar surface area (TPSA) is 59.0 Å². The molecule has 3 rings (SSSR count). The first-order valence-corrected chi connectivity index (χ1v) is 8.76. The molecule has 1 aromatic carbocycles. The maximum atomic E-state index is 12.1. The van der Waals surface area contributed by atoms with Crippen LogP contribution in [-0.2, 0) is 4.79 Å². The lowest BCUT2D eigenvalue weighted by Gasteiger charge is -2.32. The first-order chi connectivity index (χ1) is 12.1. The Morgan fingerprint density at radius 1 is 1.24 bits per heavy atom. The van der Waals surface area contributed by atoms with Crippen LogP contribution in [0.1, 0.15) is 38.2 Å². The second-order valence-corrected chi connectivity index (χ2v) is 6.44. The minimum absolute atomic E-state index is 0.0145. The predicted molar refractivity (Wildman–Crippen MR) is 96.9 cm³/mol. The minimum atomic E-state index is -0.0145. The number of phenolic OH excluding ortho intramolecular Hbond substituents is 1. The number of ether oxygens (including phenoxy) is 2. The summed E-state index contributed by atoms with van der Waals surface area (Å²) in [5, 5.41) is 10.2. The number of likely N-dealkylation sites (tertiary alicyclic amines) is 1. The quantitative estimate of drug-likeness (QED) is 0.886. The third-order valence-electron chi connectivity index (χ3n) is 5.03. The van der Waals surface area contributed by atoms with Crippen molar-refractivity contribution in [3.8, 4) is 17.2 Å². The van der Waals surface area contributed by atoms with Crippen molar-refractivity contribution in [2.75, 3.05) is 20.8 Å². The third-order valence-corrected chi connectivity index (χ3v) is 5.03. The van der Waals surface area contributed by atoms with E-state index in [9.17, 15) is 9.90 Å². The van der Waals surface area contributed by atoms with E-state index in [1.807, 2.05) is 6.08 Å². The molecule has 5 nitrogen and oxygen atoms in total. The summed E-state index contributed by atoms with van der Waals surface area (Å²) in [7, 11) is 3.03. The number of nitrogens with zero attached hydrogens (tertiary/aromatic N) is 1. The van der Waals surface area contributed by atoms with Crippen LogP contribution < -0.4 is 9.47 Å². The third kappa shape index (κ3) is 3.23. The highest BCUT2D eigenvalue weighted by Crippen LogP contribution is 2.42. The first-order valence-electron chi connectivity index (χ1n) is 8.76. The van der Waals surface area contributed by atoms with Crippen molar-refractivity contribution >= 4 is 11.4 Å². The number of aromatic hydroxyl groups is 1. The summed E-state index contributed by atoms with van der Waals surface area (Å²) in [6, 6.07) is 4.05. The number of methoxy groups -OCH3 is 2. The van der Waals surface area contributed by atoms with Crippen molar-refractivity contribution in [1.82, 2.24) is 4.90 Å². The molecule has 1 heterocycles. The van der Waals surface area contributed by atoms with Gasteiger partial charge in [0.1, 0.15) is 0 Å². The van der Waals surface area contributed by atoms with E-state index in [-0.39, 0.29) is 11.5 Å². The van der Waals surface area contributed by atoms with Crippen LogP contribution in [0.2, 0.25) is 0 Å². The summed E-state index contributed by atoms with van der Waals surface area (Å²) in [4.78, 5) is 14.4. The van der Waals surface area contributed by atoms with Gasteiger partial charge in [0.2, 0.25) is 5.75 Å². The fourth-order valence-electron chi connectivity index (χ4n) is 3.73. The molecule has 1 N–H and O–H groups in total. The normalized spacial score (nSPS) is 20.4. The van der Waals surface area contributed by atoms with E-state index in [0.717, 1.165) is 42.6 Å². The molecular formula is C20H25NO4. The predicted octanol–water partition coefficient (Wildman–Crippen LogP) is 3.52. The fourth-order valence-corrected chi connectivity index (χ4v) is 3.73. The van der Waals surface area contributed by atoms with Crippen LogP contribution in [0.4, 0.5) is 0 Å². The van der Waals surface area contributed by atoms with Gasteiger partial charge < -0.3 is 19.5 Å². The molecule has 1 saturated heterocycles. The lowest BCUT2D eigenvalue weighted by molar-refractivity contribution is -0.114. The number of allylic oxidation sites excluding steroid dienone is 3. The summed E-state index contributed by atoms with van der Waals surface area (Å²) in [5.41, 5.74) is 2.85. The zero-order chi connectivity index (χ0) is 18.0. The van der Waals surface area contributed by atoms with E-state index in [1.165, 1.54) is 14.2 Å². The number of carbonyl (C=O) groups is 1. The highest BCUT2D eigenvalue weighted by atomic mass is 16.5. The van der Waals surface area contributed by atoms with Gasteiger partial charge in [0.15, 0.2) is 17.3 Å². The molecular weight excluding hydrogens is 318 g/mol. The van der Waals surface area contributed by atoms with E-state index in [0.29, 0.717) is 24.0 Å². The van der Waals surface area contributed by atoms with Gasteiger partial charge in [-0.25, -0.2) is 0 Å². The Kier molecular flexibility index (Phi) is 5.02. The van der Waals surface area contributed by atoms with Gasteiger partial charge in [-0.2, -0.15) is 0 Å². The van der Waals surface area contributed by atoms with Gasteiger partial charge in [0.25, 0.3) is 0 Å². The molecule has 2 aliphatic rings. The second-order valence-electron chi connectivity index (χ2n) is 6.44. The lowest BCUT2D eigenvalue weighted by Crippen LogP contribution is -2.30. The average molecular weight is 343 g/mol. The smallest absolute Gasteiger partial charge is 0.200 e. The first kappa shape index (κ1) is 17.4. The number of rotatable bonds is 5. The van der Waals surface area contributed by atoms with Gasteiger partial charge in [-0.1, -0.05) is 13.0 Å². The van der Waals surface area contributed by atoms with Gasteiger partial charge >= 0.3 is 0 Å². The molecule has 0 aromatic heterocycles. The zero-order valence-electron chi connectivity index (χ0n) is 15.0. The van der Waals surface area contributed by atoms with Crippen molar-refractivity contribution in [3.63, 3.8) is 0 Å². The number of hydrogen-bond acceptors (Lipinski definition) is 5. The van der Waals surface area contributed by atoms with Crippen LogP contribution in [0.15, 0.2) is 30.0 Å². The molecule has 0 saturated carbocycles. The molecule has 25 heavy (non-hydrogen) atoms. The standard InChI is InChI=1S/C20H25NO4/c1-4-14-6-5-9-21(14)17-12-15(22)7-8-16(17)13-10-18(24-2)20(23)19(11-13)25-3/h8,10-12,14,23H,4-7,9H2,1-3H3/t14-/m1/s1. The molecule has 0 amide bonds. The van der Waals surface area contributed by atoms with Gasteiger partial charge in [-0.15, -0.1) is 0 Å². The van der Waals surface area contributed by atoms with E-state index < -0.39 is 0 Å². The minimum Gasteiger partial charge on any atom is -0.502 e. The number of hydrogen-bond donors (Lipinski definition) is 1. The highest BCUT2D eigenvalue weighted by Gasteiger charge is 2.29. The van der Waals surface area contributed by atoms with Crippen molar-refractivity contribution in [2.45, 2.75) is 38.6 Å². The summed E-state index contributed by atoms with van der Waals surface area (Å²) >= 11 is 0. The van der Waals surface area contributed by atoms with Crippen molar-refractivity contribution < 1.29 is 19.4 Å². The zero-order valence-corrected chi connectivity index (χ0v) is 15.0. The maximum Gasteiger partial charge on any atom is 0.200 e. The Morgan fingerprint density at radius 3 is 2.52 bits per heavy atom. The number of carbonyl (C=O) groups excluding carboxylic acids is 1. The second kappa shape index (κ2) is 7.21. The van der Waals surface area contributed by atoms with E-state index in [4.69, 9.17) is 9.47 Å². The van der Waals surface area contributed by atoms with Crippen molar-refractivity contribution in [3.05, 3.63) is 35.5 Å². The van der Waals surface area contributed by atoms with Crippen LogP contribution in [0.25, 0.3) is 5.57 Å². The summed E-state index contributed by atoms with van der Waals surface area (Å²) in [6.45, 7) is 3.14. The lowest BCUT2D eigenvalue weighted by atomic mass is 9.93. The molecule has 1 aromatic rings. The summed E-state index contributed by atoms with van der Waals surface area (Å²) in [6.07, 6.45) is 7.45. The molecule has 0 unspecified atom stereocenters. The average Bonchev–Trinajstić information content (AvgIpc) is 3.10. The van der Waals surface area contributed by atoms with Gasteiger partial charge in [0, 0.05) is 36.4 Å². The molecule has 0 spiro atoms. The van der Waals surface area contributed by atoms with Crippen molar-refractivity contribution in [1.29, 1.82) is 0 Å². The molecule has 5 heteroatoms. The Balaban J connectivity index is 2.05. The Labute approximate surface area is 148 Å². The Morgan fingerprint density at radius 2 is 1.92 bits per heavy atom. The van der Waals surface area contributed by atoms with E-state index in [2.05, 4.69) is 11.8 Å². The summed E-state index contributed by atoms with van der Waals surface area (Å²) < 4.78 is 10.6. The van der Waals surface area contributed by atoms with E-state index in [1.54, 1.807) is 18.2 Å². The summed E-state index contributed by atoms with van der Waals surface area (Å²) in [5.74, 6) is 0.831. The van der Waals surface area contributed by atoms with Gasteiger partial charge in [-0.05, 0) is 37.0 Å². The molecule has 0 radical (unpaired) electrons. The monoisotopic (exact) mass is 343 g/mol. The Hall–Kier alpha value is -2.43.